The maximum Gasteiger partial charge on any atom is 0.151 e. The van der Waals surface area contributed by atoms with Crippen LogP contribution >= 0.6 is 34.2 Å². The van der Waals surface area contributed by atoms with E-state index in [-0.39, 0.29) is 17.4 Å². The first-order valence-corrected chi connectivity index (χ1v) is 9.17. The van der Waals surface area contributed by atoms with Gasteiger partial charge in [-0.1, -0.05) is 11.6 Å². The van der Waals surface area contributed by atoms with Crippen molar-refractivity contribution in [1.29, 1.82) is 0 Å². The lowest BCUT2D eigenvalue weighted by atomic mass is 10.1. The molecule has 1 aliphatic heterocycles. The van der Waals surface area contributed by atoms with Crippen molar-refractivity contribution in [2.75, 3.05) is 11.5 Å². The van der Waals surface area contributed by atoms with E-state index >= 15 is 0 Å². The Morgan fingerprint density at radius 1 is 1.17 bits per heavy atom. The molecule has 4 nitrogen and oxygen atoms in total. The average molecular weight is 399 g/mol. The second-order valence-electron chi connectivity index (χ2n) is 4.95. The molecular weight excluding hydrogens is 387 g/mol. The summed E-state index contributed by atoms with van der Waals surface area (Å²) in [7, 11) is -2.91. The average Bonchev–Trinajstić information content (AvgIpc) is 3.07. The highest BCUT2D eigenvalue weighted by Crippen LogP contribution is 2.43. The molecule has 1 saturated carbocycles. The number of halogens is 2. The Balaban J connectivity index is 1.98. The molecule has 2 heterocycles. The maximum absolute atomic E-state index is 11.5. The van der Waals surface area contributed by atoms with Gasteiger partial charge in [0.2, 0.25) is 0 Å². The molecule has 18 heavy (non-hydrogen) atoms. The van der Waals surface area contributed by atoms with Crippen LogP contribution in [0.3, 0.4) is 0 Å². The highest BCUT2D eigenvalue weighted by atomic mass is 127. The molecule has 2 fully saturated rings. The van der Waals surface area contributed by atoms with Gasteiger partial charge in [-0.25, -0.2) is 18.4 Å². The highest BCUT2D eigenvalue weighted by molar-refractivity contribution is 14.1. The van der Waals surface area contributed by atoms with Gasteiger partial charge in [-0.2, -0.15) is 0 Å². The second kappa shape index (κ2) is 4.56. The van der Waals surface area contributed by atoms with Crippen LogP contribution in [-0.2, 0) is 9.84 Å². The third kappa shape index (κ3) is 2.51. The normalized spacial score (nSPS) is 26.4. The van der Waals surface area contributed by atoms with Gasteiger partial charge in [-0.3, -0.25) is 0 Å². The minimum Gasteiger partial charge on any atom is -0.236 e. The Labute approximate surface area is 125 Å². The maximum atomic E-state index is 11.5. The van der Waals surface area contributed by atoms with E-state index in [4.69, 9.17) is 11.6 Å². The molecule has 0 spiro atoms. The van der Waals surface area contributed by atoms with Crippen molar-refractivity contribution in [3.05, 3.63) is 20.2 Å². The Hall–Kier alpha value is 0.0500. The SMILES string of the molecule is O=S1(=O)CCC(c2nc(Cl)c(I)c(C3CC3)n2)C1. The van der Waals surface area contributed by atoms with Gasteiger partial charge in [0.25, 0.3) is 0 Å². The van der Waals surface area contributed by atoms with Crippen LogP contribution < -0.4 is 0 Å². The molecule has 1 atom stereocenters. The molecule has 98 valence electrons. The van der Waals surface area contributed by atoms with Crippen molar-refractivity contribution in [3.63, 3.8) is 0 Å². The molecule has 0 N–H and O–H groups in total. The van der Waals surface area contributed by atoms with E-state index in [1.165, 1.54) is 0 Å². The molecule has 1 unspecified atom stereocenters. The summed E-state index contributed by atoms with van der Waals surface area (Å²) in [5.41, 5.74) is 1.01. The highest BCUT2D eigenvalue weighted by Gasteiger charge is 2.34. The molecule has 0 amide bonds. The van der Waals surface area contributed by atoms with Gasteiger partial charge in [-0.15, -0.1) is 0 Å². The minimum atomic E-state index is -2.91. The summed E-state index contributed by atoms with van der Waals surface area (Å²) in [6, 6.07) is 0. The van der Waals surface area contributed by atoms with Crippen molar-refractivity contribution in [2.45, 2.75) is 31.1 Å². The second-order valence-corrected chi connectivity index (χ2v) is 8.61. The summed E-state index contributed by atoms with van der Waals surface area (Å²) in [4.78, 5) is 8.85. The van der Waals surface area contributed by atoms with Crippen molar-refractivity contribution in [3.8, 4) is 0 Å². The Morgan fingerprint density at radius 3 is 2.44 bits per heavy atom. The van der Waals surface area contributed by atoms with Gasteiger partial charge in [0.1, 0.15) is 11.0 Å². The van der Waals surface area contributed by atoms with Gasteiger partial charge in [0.05, 0.1) is 20.8 Å². The van der Waals surface area contributed by atoms with Crippen LogP contribution in [0.1, 0.15) is 42.6 Å². The van der Waals surface area contributed by atoms with Crippen molar-refractivity contribution in [2.24, 2.45) is 0 Å². The number of nitrogens with zero attached hydrogens (tertiary/aromatic N) is 2. The van der Waals surface area contributed by atoms with Gasteiger partial charge in [-0.05, 0) is 41.9 Å². The number of hydrogen-bond acceptors (Lipinski definition) is 4. The summed E-state index contributed by atoms with van der Waals surface area (Å²) < 4.78 is 23.9. The van der Waals surface area contributed by atoms with Crippen LogP contribution in [0.5, 0.6) is 0 Å². The molecule has 1 aliphatic carbocycles. The van der Waals surface area contributed by atoms with E-state index in [2.05, 4.69) is 32.6 Å². The zero-order valence-electron chi connectivity index (χ0n) is 9.57. The summed E-state index contributed by atoms with van der Waals surface area (Å²) in [5, 5.41) is 0.465. The monoisotopic (exact) mass is 398 g/mol. The lowest BCUT2D eigenvalue weighted by Crippen LogP contribution is -2.10. The van der Waals surface area contributed by atoms with Crippen LogP contribution in [0.4, 0.5) is 0 Å². The van der Waals surface area contributed by atoms with Crippen LogP contribution in [0, 0.1) is 3.57 Å². The number of sulfone groups is 1. The summed E-state index contributed by atoms with van der Waals surface area (Å²) in [6.45, 7) is 0. The van der Waals surface area contributed by atoms with Gasteiger partial charge < -0.3 is 0 Å². The molecule has 2 aliphatic rings. The largest absolute Gasteiger partial charge is 0.236 e. The molecule has 1 saturated heterocycles. The van der Waals surface area contributed by atoms with Gasteiger partial charge >= 0.3 is 0 Å². The van der Waals surface area contributed by atoms with Crippen LogP contribution in [0.2, 0.25) is 5.15 Å². The van der Waals surface area contributed by atoms with E-state index in [1.54, 1.807) is 0 Å². The fraction of sp³-hybridized carbons (Fsp3) is 0.636. The van der Waals surface area contributed by atoms with Crippen LogP contribution in [0.15, 0.2) is 0 Å². The first kappa shape index (κ1) is 13.1. The summed E-state index contributed by atoms with van der Waals surface area (Å²) in [6.07, 6.45) is 2.90. The Bertz CT molecular complexity index is 601. The molecule has 0 bridgehead atoms. The molecule has 1 aromatic heterocycles. The lowest BCUT2D eigenvalue weighted by molar-refractivity contribution is 0.601. The Kier molecular flexibility index (Phi) is 3.30. The zero-order valence-corrected chi connectivity index (χ0v) is 13.3. The van der Waals surface area contributed by atoms with E-state index in [0.717, 1.165) is 22.1 Å². The van der Waals surface area contributed by atoms with Crippen LogP contribution in [-0.4, -0.2) is 29.9 Å². The molecule has 0 radical (unpaired) electrons. The van der Waals surface area contributed by atoms with Crippen molar-refractivity contribution >= 4 is 44.0 Å². The quantitative estimate of drug-likeness (QED) is 0.567. The third-order valence-corrected chi connectivity index (χ3v) is 6.84. The summed E-state index contributed by atoms with van der Waals surface area (Å²) >= 11 is 8.30. The molecule has 0 aromatic carbocycles. The fourth-order valence-corrected chi connectivity index (χ4v) is 4.87. The van der Waals surface area contributed by atoms with Crippen molar-refractivity contribution < 1.29 is 8.42 Å². The van der Waals surface area contributed by atoms with E-state index in [0.29, 0.717) is 23.3 Å². The smallest absolute Gasteiger partial charge is 0.151 e. The van der Waals surface area contributed by atoms with Crippen molar-refractivity contribution in [1.82, 2.24) is 9.97 Å². The lowest BCUT2D eigenvalue weighted by Gasteiger charge is -2.10. The molecule has 1 aromatic rings. The van der Waals surface area contributed by atoms with Gasteiger partial charge in [0.15, 0.2) is 9.84 Å². The summed E-state index contributed by atoms with van der Waals surface area (Å²) in [5.74, 6) is 1.43. The Morgan fingerprint density at radius 2 is 1.89 bits per heavy atom. The van der Waals surface area contributed by atoms with E-state index in [1.807, 2.05) is 0 Å². The van der Waals surface area contributed by atoms with E-state index < -0.39 is 9.84 Å². The molecule has 7 heteroatoms. The predicted octanol–water partition coefficient (Wildman–Crippen LogP) is 2.51. The number of aromatic nitrogens is 2. The topological polar surface area (TPSA) is 59.9 Å². The number of hydrogen-bond donors (Lipinski definition) is 0. The minimum absolute atomic E-state index is 0.0815. The van der Waals surface area contributed by atoms with Crippen LogP contribution in [0.25, 0.3) is 0 Å². The standard InChI is InChI=1S/C11H12ClIN2O2S/c12-10-8(13)9(6-1-2-6)14-11(15-10)7-3-4-18(16,17)5-7/h6-7H,1-5H2. The first-order valence-electron chi connectivity index (χ1n) is 5.89. The third-order valence-electron chi connectivity index (χ3n) is 3.42. The first-order chi connectivity index (χ1) is 8.46. The van der Waals surface area contributed by atoms with E-state index in [9.17, 15) is 8.42 Å². The van der Waals surface area contributed by atoms with Gasteiger partial charge in [0, 0.05) is 11.8 Å². The molecular formula is C11H12ClIN2O2S. The molecule has 3 rings (SSSR count). The predicted molar refractivity (Wildman–Crippen MR) is 77.7 cm³/mol. The fourth-order valence-electron chi connectivity index (χ4n) is 2.26. The number of rotatable bonds is 2. The zero-order chi connectivity index (χ0) is 12.9.